The monoisotopic (exact) mass is 506 g/mol. The van der Waals surface area contributed by atoms with Gasteiger partial charge in [0.2, 0.25) is 0 Å². The molecule has 3 aromatic carbocycles. The molecule has 1 saturated heterocycles. The summed E-state index contributed by atoms with van der Waals surface area (Å²) in [7, 11) is -3.71. The quantitative estimate of drug-likeness (QED) is 0.248. The Morgan fingerprint density at radius 1 is 0.833 bits per heavy atom. The number of benzene rings is 3. The summed E-state index contributed by atoms with van der Waals surface area (Å²) < 4.78 is 48.8. The van der Waals surface area contributed by atoms with Gasteiger partial charge in [0.1, 0.15) is 23.4 Å². The molecule has 5 rings (SSSR count). The zero-order chi connectivity index (χ0) is 25.4. The third kappa shape index (κ3) is 4.65. The van der Waals surface area contributed by atoms with E-state index in [4.69, 9.17) is 18.4 Å². The van der Waals surface area contributed by atoms with E-state index < -0.39 is 39.3 Å². The van der Waals surface area contributed by atoms with Gasteiger partial charge in [-0.1, -0.05) is 97.1 Å². The molecule has 3 aromatic rings. The predicted octanol–water partition coefficient (Wildman–Crippen LogP) is 4.80. The van der Waals surface area contributed by atoms with Crippen molar-refractivity contribution in [2.45, 2.75) is 43.0 Å². The summed E-state index contributed by atoms with van der Waals surface area (Å²) in [6.45, 7) is 3.70. The van der Waals surface area contributed by atoms with Crippen LogP contribution in [0.25, 0.3) is 0 Å². The highest BCUT2D eigenvalue weighted by Crippen LogP contribution is 2.47. The van der Waals surface area contributed by atoms with E-state index in [1.807, 2.05) is 97.1 Å². The van der Waals surface area contributed by atoms with E-state index in [-0.39, 0.29) is 6.61 Å². The molecule has 0 saturated carbocycles. The maximum absolute atomic E-state index is 11.9. The maximum atomic E-state index is 11.9. The van der Waals surface area contributed by atoms with Gasteiger partial charge in [0.25, 0.3) is 10.1 Å². The van der Waals surface area contributed by atoms with Crippen LogP contribution < -0.4 is 0 Å². The summed E-state index contributed by atoms with van der Waals surface area (Å²) >= 11 is 0. The second kappa shape index (κ2) is 9.25. The summed E-state index contributed by atoms with van der Waals surface area (Å²) in [6.07, 6.45) is 3.02. The fourth-order valence-corrected chi connectivity index (χ4v) is 5.78. The van der Waals surface area contributed by atoms with Gasteiger partial charge in [-0.15, -0.1) is 0 Å². The summed E-state index contributed by atoms with van der Waals surface area (Å²) in [5, 5.41) is 0. The van der Waals surface area contributed by atoms with E-state index in [2.05, 4.69) is 0 Å². The minimum atomic E-state index is -3.71. The highest BCUT2D eigenvalue weighted by Gasteiger charge is 2.59. The zero-order valence-corrected chi connectivity index (χ0v) is 21.4. The molecule has 3 atom stereocenters. The molecule has 0 N–H and O–H groups in total. The minimum Gasteiger partial charge on any atom is -0.357 e. The Kier molecular flexibility index (Phi) is 6.39. The summed E-state index contributed by atoms with van der Waals surface area (Å²) in [5.41, 5.74) is 0.879. The third-order valence-electron chi connectivity index (χ3n) is 6.54. The van der Waals surface area contributed by atoms with Crippen LogP contribution in [0.5, 0.6) is 0 Å². The van der Waals surface area contributed by atoms with Crippen LogP contribution in [0.1, 0.15) is 30.5 Å². The van der Waals surface area contributed by atoms with Crippen LogP contribution in [-0.2, 0) is 34.1 Å². The Bertz CT molecular complexity index is 1230. The molecule has 0 aromatic heterocycles. The van der Waals surface area contributed by atoms with Crippen molar-refractivity contribution in [3.8, 4) is 0 Å². The number of hydrogen-bond donors (Lipinski definition) is 0. The number of ether oxygens (including phenoxy) is 3. The Morgan fingerprint density at radius 3 is 1.75 bits per heavy atom. The standard InChI is InChI=1S/C29H30O6S/c1-27(2)33-26-25(34-36(3,30)31)19-20-28(26,35-27)21-32-29(22-13-7-4-8-14-22,23-15-9-5-10-16-23)24-17-11-6-12-18-24/h4-20,25-26H,21H2,1-3H3/t25-,26-,28-/m0/s1. The van der Waals surface area contributed by atoms with Crippen LogP contribution in [0.2, 0.25) is 0 Å². The number of rotatable bonds is 8. The Balaban J connectivity index is 1.60. The van der Waals surface area contributed by atoms with Crippen LogP contribution in [0.15, 0.2) is 103 Å². The van der Waals surface area contributed by atoms with Gasteiger partial charge in [0.15, 0.2) is 5.79 Å². The molecular weight excluding hydrogens is 476 g/mol. The second-order valence-corrected chi connectivity index (χ2v) is 11.3. The smallest absolute Gasteiger partial charge is 0.265 e. The molecule has 188 valence electrons. The molecule has 0 bridgehead atoms. The Morgan fingerprint density at radius 2 is 1.31 bits per heavy atom. The maximum Gasteiger partial charge on any atom is 0.265 e. The Labute approximate surface area is 212 Å². The Hall–Kier alpha value is -2.81. The van der Waals surface area contributed by atoms with Crippen LogP contribution in [-0.4, -0.2) is 44.9 Å². The van der Waals surface area contributed by atoms with Gasteiger partial charge in [-0.3, -0.25) is 4.18 Å². The van der Waals surface area contributed by atoms with E-state index >= 15 is 0 Å². The van der Waals surface area contributed by atoms with Crippen LogP contribution >= 0.6 is 0 Å². The predicted molar refractivity (Wildman–Crippen MR) is 137 cm³/mol. The van der Waals surface area contributed by atoms with Gasteiger partial charge >= 0.3 is 0 Å². The molecule has 7 heteroatoms. The van der Waals surface area contributed by atoms with Crippen molar-refractivity contribution >= 4 is 10.1 Å². The summed E-state index contributed by atoms with van der Waals surface area (Å²) in [6, 6.07) is 30.1. The van der Waals surface area contributed by atoms with Gasteiger partial charge in [0.05, 0.1) is 12.9 Å². The minimum absolute atomic E-state index is 0.0971. The normalized spacial score (nSPS) is 25.1. The van der Waals surface area contributed by atoms with Gasteiger partial charge in [-0.25, -0.2) is 0 Å². The van der Waals surface area contributed by atoms with Crippen molar-refractivity contribution in [3.05, 3.63) is 120 Å². The van der Waals surface area contributed by atoms with Gasteiger partial charge in [-0.2, -0.15) is 8.42 Å². The molecule has 36 heavy (non-hydrogen) atoms. The van der Waals surface area contributed by atoms with Crippen molar-refractivity contribution in [3.63, 3.8) is 0 Å². The molecule has 1 aliphatic heterocycles. The van der Waals surface area contributed by atoms with Crippen LogP contribution in [0, 0.1) is 0 Å². The molecule has 6 nitrogen and oxygen atoms in total. The van der Waals surface area contributed by atoms with Gasteiger partial charge in [-0.05, 0) is 36.6 Å². The van der Waals surface area contributed by atoms with Gasteiger partial charge < -0.3 is 14.2 Å². The second-order valence-electron chi connectivity index (χ2n) is 9.69. The lowest BCUT2D eigenvalue weighted by Gasteiger charge is -2.39. The first-order chi connectivity index (χ1) is 17.1. The fourth-order valence-electron chi connectivity index (χ4n) is 5.21. The molecule has 0 unspecified atom stereocenters. The van der Waals surface area contributed by atoms with E-state index in [9.17, 15) is 8.42 Å². The molecule has 0 radical (unpaired) electrons. The lowest BCUT2D eigenvalue weighted by molar-refractivity contribution is -0.172. The van der Waals surface area contributed by atoms with Crippen molar-refractivity contribution in [1.82, 2.24) is 0 Å². The van der Waals surface area contributed by atoms with E-state index in [0.29, 0.717) is 0 Å². The first-order valence-corrected chi connectivity index (χ1v) is 13.7. The molecule has 1 heterocycles. The topological polar surface area (TPSA) is 71.1 Å². The van der Waals surface area contributed by atoms with Crippen molar-refractivity contribution in [2.24, 2.45) is 0 Å². The first-order valence-electron chi connectivity index (χ1n) is 11.9. The molecule has 0 spiro atoms. The molecule has 1 fully saturated rings. The number of hydrogen-bond acceptors (Lipinski definition) is 6. The summed E-state index contributed by atoms with van der Waals surface area (Å²) in [5.74, 6) is -0.952. The average molecular weight is 507 g/mol. The SMILES string of the molecule is CC1(C)O[C@H]2[C@@H](OS(C)(=O)=O)C=C[C@@]2(COC(c2ccccc2)(c2ccccc2)c2ccccc2)O1. The number of fused-ring (bicyclic) bond motifs is 1. The van der Waals surface area contributed by atoms with E-state index in [1.54, 1.807) is 19.9 Å². The van der Waals surface area contributed by atoms with Crippen molar-refractivity contribution < 1.29 is 26.8 Å². The highest BCUT2D eigenvalue weighted by molar-refractivity contribution is 7.86. The summed E-state index contributed by atoms with van der Waals surface area (Å²) in [4.78, 5) is 0. The van der Waals surface area contributed by atoms with Crippen LogP contribution in [0.4, 0.5) is 0 Å². The average Bonchev–Trinajstić information content (AvgIpc) is 3.31. The molecule has 0 amide bonds. The zero-order valence-electron chi connectivity index (χ0n) is 20.5. The molecule has 2 aliphatic rings. The first kappa shape index (κ1) is 24.9. The fraction of sp³-hybridized carbons (Fsp3) is 0.310. The third-order valence-corrected chi connectivity index (χ3v) is 7.11. The lowest BCUT2D eigenvalue weighted by Crippen LogP contribution is -2.48. The molecular formula is C29H30O6S. The largest absolute Gasteiger partial charge is 0.357 e. The van der Waals surface area contributed by atoms with Crippen LogP contribution in [0.3, 0.4) is 0 Å². The highest BCUT2D eigenvalue weighted by atomic mass is 32.2. The van der Waals surface area contributed by atoms with Crippen molar-refractivity contribution in [1.29, 1.82) is 0 Å². The van der Waals surface area contributed by atoms with Crippen molar-refractivity contribution in [2.75, 3.05) is 12.9 Å². The van der Waals surface area contributed by atoms with E-state index in [0.717, 1.165) is 22.9 Å². The molecule has 1 aliphatic carbocycles. The van der Waals surface area contributed by atoms with Gasteiger partial charge in [0, 0.05) is 0 Å². The van der Waals surface area contributed by atoms with E-state index in [1.165, 1.54) is 0 Å². The lowest BCUT2D eigenvalue weighted by atomic mass is 9.80.